The van der Waals surface area contributed by atoms with Gasteiger partial charge in [0.15, 0.2) is 0 Å². The molecule has 0 unspecified atom stereocenters. The van der Waals surface area contributed by atoms with Crippen LogP contribution in [0.3, 0.4) is 0 Å². The molecule has 2 nitrogen and oxygen atoms in total. The van der Waals surface area contributed by atoms with Crippen molar-refractivity contribution in [2.24, 2.45) is 0 Å². The second kappa shape index (κ2) is 9.12. The molecule has 0 aliphatic carbocycles. The fourth-order valence-electron chi connectivity index (χ4n) is 2.61. The Bertz CT molecular complexity index is 536. The first-order chi connectivity index (χ1) is 10.6. The lowest BCUT2D eigenvalue weighted by molar-refractivity contribution is -0.143. The normalized spacial score (nSPS) is 17.2. The van der Waals surface area contributed by atoms with Crippen molar-refractivity contribution in [1.29, 1.82) is 0 Å². The molecule has 10 heteroatoms. The fraction of sp³-hybridized carbons (Fsp3) is 0.467. The average Bonchev–Trinajstić information content (AvgIpc) is 2.47. The Morgan fingerprint density at radius 3 is 1.72 bits per heavy atom. The van der Waals surface area contributed by atoms with E-state index in [1.807, 2.05) is 0 Å². The molecule has 0 bridgehead atoms. The van der Waals surface area contributed by atoms with E-state index in [9.17, 15) is 26.3 Å². The van der Waals surface area contributed by atoms with Crippen LogP contribution in [0.4, 0.5) is 26.3 Å². The maximum atomic E-state index is 12.9. The predicted octanol–water partition coefficient (Wildman–Crippen LogP) is 4.70. The van der Waals surface area contributed by atoms with Crippen LogP contribution in [0.1, 0.15) is 22.7 Å². The third-order valence-electron chi connectivity index (χ3n) is 3.72. The Kier molecular flexibility index (Phi) is 8.77. The van der Waals surface area contributed by atoms with Gasteiger partial charge >= 0.3 is 12.4 Å². The molecule has 2 rings (SSSR count). The molecule has 0 amide bonds. The van der Waals surface area contributed by atoms with Crippen LogP contribution in [0.15, 0.2) is 30.9 Å². The van der Waals surface area contributed by atoms with E-state index < -0.39 is 29.5 Å². The molecule has 1 atom stereocenters. The topological polar surface area (TPSA) is 15.3 Å². The molecule has 1 aromatic carbocycles. The molecular formula is C15H18Cl2F6N2. The highest BCUT2D eigenvalue weighted by Crippen LogP contribution is 2.38. The van der Waals surface area contributed by atoms with Crippen LogP contribution in [0.25, 0.3) is 0 Å². The van der Waals surface area contributed by atoms with E-state index in [1.165, 1.54) is 6.08 Å². The molecule has 0 spiro atoms. The number of hydrogen-bond donors (Lipinski definition) is 1. The van der Waals surface area contributed by atoms with Gasteiger partial charge in [0.1, 0.15) is 0 Å². The zero-order valence-corrected chi connectivity index (χ0v) is 14.6. The zero-order chi connectivity index (χ0) is 17.3. The number of piperazine rings is 1. The molecule has 144 valence electrons. The van der Waals surface area contributed by atoms with Crippen molar-refractivity contribution in [3.8, 4) is 0 Å². The maximum Gasteiger partial charge on any atom is 0.416 e. The van der Waals surface area contributed by atoms with Gasteiger partial charge in [-0.2, -0.15) is 26.3 Å². The van der Waals surface area contributed by atoms with Crippen molar-refractivity contribution >= 4 is 24.8 Å². The first-order valence-corrected chi connectivity index (χ1v) is 6.99. The van der Waals surface area contributed by atoms with Crippen molar-refractivity contribution < 1.29 is 26.3 Å². The van der Waals surface area contributed by atoms with E-state index in [0.717, 1.165) is 12.1 Å². The summed E-state index contributed by atoms with van der Waals surface area (Å²) in [5.74, 6) is 0. The standard InChI is InChI=1S/C15H16F6N2.2ClH/c1-2-13(23-5-3-22-4-6-23)10-7-11(14(16,17)18)9-12(8-10)15(19,20)21;;/h2,7-9,13,22H,1,3-6H2;2*1H/t13-;;/m1../s1. The molecule has 1 aliphatic heterocycles. The van der Waals surface area contributed by atoms with Crippen LogP contribution in [-0.4, -0.2) is 31.1 Å². The SMILES string of the molecule is C=C[C@H](c1cc(C(F)(F)F)cc(C(F)(F)F)c1)N1CCNCC1.Cl.Cl. The predicted molar refractivity (Wildman–Crippen MR) is 88.3 cm³/mol. The third kappa shape index (κ3) is 6.06. The van der Waals surface area contributed by atoms with Gasteiger partial charge in [0, 0.05) is 26.2 Å². The number of rotatable bonds is 3. The van der Waals surface area contributed by atoms with E-state index in [4.69, 9.17) is 0 Å². The van der Waals surface area contributed by atoms with Crippen molar-refractivity contribution in [3.63, 3.8) is 0 Å². The smallest absolute Gasteiger partial charge is 0.314 e. The van der Waals surface area contributed by atoms with Gasteiger partial charge in [0.05, 0.1) is 17.2 Å². The Balaban J connectivity index is 0.00000288. The molecule has 0 aromatic heterocycles. The monoisotopic (exact) mass is 410 g/mol. The number of benzene rings is 1. The number of halogens is 8. The lowest BCUT2D eigenvalue weighted by atomic mass is 9.98. The Hall–Kier alpha value is -0.960. The first kappa shape index (κ1) is 24.0. The van der Waals surface area contributed by atoms with Gasteiger partial charge < -0.3 is 5.32 Å². The quantitative estimate of drug-likeness (QED) is 0.573. The van der Waals surface area contributed by atoms with Gasteiger partial charge in [-0.1, -0.05) is 6.08 Å². The van der Waals surface area contributed by atoms with Crippen molar-refractivity contribution in [1.82, 2.24) is 10.2 Å². The van der Waals surface area contributed by atoms with E-state index >= 15 is 0 Å². The summed E-state index contributed by atoms with van der Waals surface area (Å²) in [4.78, 5) is 1.80. The lowest BCUT2D eigenvalue weighted by Crippen LogP contribution is -2.44. The van der Waals surface area contributed by atoms with Gasteiger partial charge in [0.2, 0.25) is 0 Å². The maximum absolute atomic E-state index is 12.9. The fourth-order valence-corrected chi connectivity index (χ4v) is 2.61. The minimum absolute atomic E-state index is 0. The average molecular weight is 411 g/mol. The lowest BCUT2D eigenvalue weighted by Gasteiger charge is -2.34. The molecule has 0 radical (unpaired) electrons. The molecule has 1 fully saturated rings. The van der Waals surface area contributed by atoms with Crippen LogP contribution >= 0.6 is 24.8 Å². The van der Waals surface area contributed by atoms with Crippen LogP contribution in [0.5, 0.6) is 0 Å². The van der Waals surface area contributed by atoms with Gasteiger partial charge in [-0.15, -0.1) is 31.4 Å². The molecule has 1 N–H and O–H groups in total. The van der Waals surface area contributed by atoms with E-state index in [2.05, 4.69) is 11.9 Å². The largest absolute Gasteiger partial charge is 0.416 e. The van der Waals surface area contributed by atoms with Crippen LogP contribution in [0, 0.1) is 0 Å². The van der Waals surface area contributed by atoms with Gasteiger partial charge in [-0.3, -0.25) is 4.90 Å². The van der Waals surface area contributed by atoms with Crippen molar-refractivity contribution in [3.05, 3.63) is 47.5 Å². The number of hydrogen-bond acceptors (Lipinski definition) is 2. The first-order valence-electron chi connectivity index (χ1n) is 6.99. The second-order valence-corrected chi connectivity index (χ2v) is 5.31. The Morgan fingerprint density at radius 2 is 1.36 bits per heavy atom. The molecule has 1 saturated heterocycles. The number of nitrogens with one attached hydrogen (secondary N) is 1. The molecule has 25 heavy (non-hydrogen) atoms. The van der Waals surface area contributed by atoms with Crippen molar-refractivity contribution in [2.45, 2.75) is 18.4 Å². The Labute approximate surface area is 154 Å². The summed E-state index contributed by atoms with van der Waals surface area (Å²) < 4.78 is 77.6. The van der Waals surface area contributed by atoms with E-state index in [-0.39, 0.29) is 36.4 Å². The highest BCUT2D eigenvalue weighted by Gasteiger charge is 2.37. The zero-order valence-electron chi connectivity index (χ0n) is 13.0. The van der Waals surface area contributed by atoms with E-state index in [1.54, 1.807) is 4.90 Å². The van der Waals surface area contributed by atoms with E-state index in [0.29, 0.717) is 26.2 Å². The highest BCUT2D eigenvalue weighted by molar-refractivity contribution is 5.85. The summed E-state index contributed by atoms with van der Waals surface area (Å²) in [7, 11) is 0. The van der Waals surface area contributed by atoms with Gasteiger partial charge in [-0.05, 0) is 23.8 Å². The minimum Gasteiger partial charge on any atom is -0.314 e. The summed E-state index contributed by atoms with van der Waals surface area (Å²) in [6.07, 6.45) is -8.31. The summed E-state index contributed by atoms with van der Waals surface area (Å²) in [6.45, 7) is 5.86. The summed E-state index contributed by atoms with van der Waals surface area (Å²) >= 11 is 0. The minimum atomic E-state index is -4.84. The molecule has 1 heterocycles. The second-order valence-electron chi connectivity index (χ2n) is 5.31. The number of alkyl halides is 6. The highest BCUT2D eigenvalue weighted by atomic mass is 35.5. The molecular weight excluding hydrogens is 393 g/mol. The number of nitrogens with zero attached hydrogens (tertiary/aromatic N) is 1. The van der Waals surface area contributed by atoms with Crippen LogP contribution in [-0.2, 0) is 12.4 Å². The van der Waals surface area contributed by atoms with Crippen LogP contribution in [0.2, 0.25) is 0 Å². The molecule has 0 saturated carbocycles. The Morgan fingerprint density at radius 1 is 0.920 bits per heavy atom. The molecule has 1 aromatic rings. The summed E-state index contributed by atoms with van der Waals surface area (Å²) in [5.41, 5.74) is -2.65. The third-order valence-corrected chi connectivity index (χ3v) is 3.72. The van der Waals surface area contributed by atoms with Crippen molar-refractivity contribution in [2.75, 3.05) is 26.2 Å². The summed E-state index contributed by atoms with van der Waals surface area (Å²) in [5, 5.41) is 3.08. The van der Waals surface area contributed by atoms with Gasteiger partial charge in [0.25, 0.3) is 0 Å². The summed E-state index contributed by atoms with van der Waals surface area (Å²) in [6, 6.07) is 0.981. The molecule has 1 aliphatic rings. The van der Waals surface area contributed by atoms with Gasteiger partial charge in [-0.25, -0.2) is 0 Å². The van der Waals surface area contributed by atoms with Crippen LogP contribution < -0.4 is 5.32 Å².